The Morgan fingerprint density at radius 3 is 2.92 bits per heavy atom. The monoisotopic (exact) mass is 350 g/mol. The van der Waals surface area contributed by atoms with E-state index in [1.165, 1.54) is 0 Å². The summed E-state index contributed by atoms with van der Waals surface area (Å²) < 4.78 is 23.3. The summed E-state index contributed by atoms with van der Waals surface area (Å²) in [7, 11) is 5.63. The number of hydrogen-bond donors (Lipinski definition) is 1. The van der Waals surface area contributed by atoms with Crippen molar-refractivity contribution in [2.24, 2.45) is 5.92 Å². The normalized spacial score (nSPS) is 35.5. The van der Waals surface area contributed by atoms with Gasteiger partial charge in [-0.25, -0.2) is 0 Å². The molecule has 25 heavy (non-hydrogen) atoms. The van der Waals surface area contributed by atoms with Gasteiger partial charge in [0, 0.05) is 5.92 Å². The molecule has 1 N–H and O–H groups in total. The van der Waals surface area contributed by atoms with Crippen molar-refractivity contribution >= 4 is 0 Å². The molecule has 0 amide bonds. The fourth-order valence-corrected chi connectivity index (χ4v) is 4.61. The molecule has 1 fully saturated rings. The number of aromatic nitrogens is 1. The first kappa shape index (κ1) is 16.9. The van der Waals surface area contributed by atoms with Crippen LogP contribution < -0.4 is 4.74 Å². The first-order valence-electron chi connectivity index (χ1n) is 8.95. The zero-order chi connectivity index (χ0) is 17.8. The van der Waals surface area contributed by atoms with Gasteiger partial charge in [0.2, 0.25) is 0 Å². The quantitative estimate of drug-likeness (QED) is 0.788. The number of unbranched alkanes of at least 4 members (excludes halogenated alkanes) is 1. The van der Waals surface area contributed by atoms with Crippen LogP contribution in [0.5, 0.6) is 5.88 Å². The molecule has 3 heterocycles. The standard InChI is InChI=1S/C18H26N2O5/c1-5-6-7-23-17-13-15(25-19-17)14(20(2)3)11-8-10-9-12(22-4)18(11,24-10)16(13)21/h9-11,14,16,21H,5-8H2,1-4H3/t10-,11+,14+,16+,18+/m1/s1. The Morgan fingerprint density at radius 2 is 2.24 bits per heavy atom. The molecule has 1 aromatic heterocycles. The second kappa shape index (κ2) is 6.00. The lowest BCUT2D eigenvalue weighted by Crippen LogP contribution is -2.51. The maximum absolute atomic E-state index is 11.3. The summed E-state index contributed by atoms with van der Waals surface area (Å²) in [5.74, 6) is 1.77. The third-order valence-corrected chi connectivity index (χ3v) is 5.67. The number of aliphatic hydroxyl groups is 1. The molecule has 3 aliphatic rings. The highest BCUT2D eigenvalue weighted by Gasteiger charge is 2.68. The first-order valence-corrected chi connectivity index (χ1v) is 8.95. The molecule has 1 spiro atoms. The predicted molar refractivity (Wildman–Crippen MR) is 89.1 cm³/mol. The lowest BCUT2D eigenvalue weighted by Gasteiger charge is -2.46. The van der Waals surface area contributed by atoms with Gasteiger partial charge in [0.15, 0.2) is 11.4 Å². The van der Waals surface area contributed by atoms with Crippen molar-refractivity contribution in [3.05, 3.63) is 23.2 Å². The molecule has 2 aliphatic heterocycles. The SMILES string of the molecule is CCCCOc1noc2c1[C@H](O)[C@@]13O[C@@H](C=C1OC)C[C@H]3[C@@H]2N(C)C. The highest BCUT2D eigenvalue weighted by atomic mass is 16.6. The van der Waals surface area contributed by atoms with E-state index in [0.29, 0.717) is 29.6 Å². The van der Waals surface area contributed by atoms with Crippen LogP contribution >= 0.6 is 0 Å². The van der Waals surface area contributed by atoms with Gasteiger partial charge in [-0.1, -0.05) is 13.3 Å². The molecule has 0 unspecified atom stereocenters. The van der Waals surface area contributed by atoms with Crippen LogP contribution in [0.25, 0.3) is 0 Å². The Morgan fingerprint density at radius 1 is 1.44 bits per heavy atom. The Bertz CT molecular complexity index is 685. The van der Waals surface area contributed by atoms with Gasteiger partial charge in [-0.15, -0.1) is 0 Å². The number of ether oxygens (including phenoxy) is 3. The van der Waals surface area contributed by atoms with Gasteiger partial charge in [-0.05, 0) is 38.2 Å². The second-order valence-electron chi connectivity index (χ2n) is 7.31. The number of hydrogen-bond acceptors (Lipinski definition) is 7. The molecule has 1 aliphatic carbocycles. The van der Waals surface area contributed by atoms with Gasteiger partial charge in [0.05, 0.1) is 31.4 Å². The van der Waals surface area contributed by atoms with Gasteiger partial charge in [0.1, 0.15) is 11.9 Å². The summed E-state index contributed by atoms with van der Waals surface area (Å²) in [5.41, 5.74) is -0.299. The van der Waals surface area contributed by atoms with Crippen molar-refractivity contribution < 1.29 is 23.8 Å². The van der Waals surface area contributed by atoms with Crippen molar-refractivity contribution in [1.82, 2.24) is 10.1 Å². The highest BCUT2D eigenvalue weighted by molar-refractivity contribution is 5.45. The average molecular weight is 350 g/mol. The lowest BCUT2D eigenvalue weighted by atomic mass is 9.66. The predicted octanol–water partition coefficient (Wildman–Crippen LogP) is 2.19. The molecule has 7 heteroatoms. The van der Waals surface area contributed by atoms with E-state index in [1.54, 1.807) is 7.11 Å². The summed E-state index contributed by atoms with van der Waals surface area (Å²) in [5, 5.41) is 15.4. The van der Waals surface area contributed by atoms with E-state index >= 15 is 0 Å². The number of nitrogens with zero attached hydrogens (tertiary/aromatic N) is 2. The number of aliphatic hydroxyl groups excluding tert-OH is 1. The molecule has 1 saturated heterocycles. The molecule has 7 nitrogen and oxygen atoms in total. The Labute approximate surface area is 147 Å². The molecule has 2 bridgehead atoms. The molecular formula is C18H26N2O5. The van der Waals surface area contributed by atoms with Crippen molar-refractivity contribution in [2.45, 2.75) is 50.0 Å². The summed E-state index contributed by atoms with van der Waals surface area (Å²) in [6, 6.07) is -0.0572. The van der Waals surface area contributed by atoms with E-state index in [1.807, 2.05) is 20.2 Å². The lowest BCUT2D eigenvalue weighted by molar-refractivity contribution is -0.132. The van der Waals surface area contributed by atoms with E-state index in [0.717, 1.165) is 19.3 Å². The number of rotatable bonds is 6. The third-order valence-electron chi connectivity index (χ3n) is 5.67. The maximum Gasteiger partial charge on any atom is 0.260 e. The van der Waals surface area contributed by atoms with Crippen LogP contribution in [0.3, 0.4) is 0 Å². The van der Waals surface area contributed by atoms with Crippen LogP contribution in [0.15, 0.2) is 16.4 Å². The number of methoxy groups -OCH3 is 1. The molecule has 0 radical (unpaired) electrons. The van der Waals surface area contributed by atoms with Crippen molar-refractivity contribution in [2.75, 3.05) is 27.8 Å². The minimum absolute atomic E-state index is 0.0337. The molecule has 0 aromatic carbocycles. The van der Waals surface area contributed by atoms with Gasteiger partial charge in [-0.3, -0.25) is 4.90 Å². The zero-order valence-corrected chi connectivity index (χ0v) is 15.2. The Kier molecular flexibility index (Phi) is 4.05. The average Bonchev–Trinajstić information content (AvgIpc) is 3.26. The minimum atomic E-state index is -0.926. The van der Waals surface area contributed by atoms with E-state index in [4.69, 9.17) is 18.7 Å². The van der Waals surface area contributed by atoms with Crippen LogP contribution in [-0.4, -0.2) is 54.7 Å². The van der Waals surface area contributed by atoms with E-state index in [-0.39, 0.29) is 18.1 Å². The highest BCUT2D eigenvalue weighted by Crippen LogP contribution is 2.63. The van der Waals surface area contributed by atoms with E-state index < -0.39 is 11.7 Å². The molecule has 4 rings (SSSR count). The summed E-state index contributed by atoms with van der Waals surface area (Å²) in [6.07, 6.45) is 3.77. The summed E-state index contributed by atoms with van der Waals surface area (Å²) >= 11 is 0. The van der Waals surface area contributed by atoms with Gasteiger partial charge < -0.3 is 23.8 Å². The van der Waals surface area contributed by atoms with E-state index in [2.05, 4.69) is 17.0 Å². The van der Waals surface area contributed by atoms with Gasteiger partial charge >= 0.3 is 0 Å². The summed E-state index contributed by atoms with van der Waals surface area (Å²) in [4.78, 5) is 2.09. The third kappa shape index (κ3) is 2.19. The van der Waals surface area contributed by atoms with Crippen molar-refractivity contribution in [3.8, 4) is 5.88 Å². The summed E-state index contributed by atoms with van der Waals surface area (Å²) in [6.45, 7) is 2.64. The van der Waals surface area contributed by atoms with E-state index in [9.17, 15) is 5.11 Å². The molecule has 5 atom stereocenters. The minimum Gasteiger partial charge on any atom is -0.498 e. The van der Waals surface area contributed by atoms with Crippen molar-refractivity contribution in [1.29, 1.82) is 0 Å². The van der Waals surface area contributed by atoms with Gasteiger partial charge in [-0.2, -0.15) is 0 Å². The fraction of sp³-hybridized carbons (Fsp3) is 0.722. The first-order chi connectivity index (χ1) is 12.0. The number of fused-ring (bicyclic) bond motifs is 2. The molecule has 138 valence electrons. The topological polar surface area (TPSA) is 77.2 Å². The second-order valence-corrected chi connectivity index (χ2v) is 7.31. The molecule has 1 aromatic rings. The zero-order valence-electron chi connectivity index (χ0n) is 15.2. The van der Waals surface area contributed by atoms with Crippen LogP contribution in [0.4, 0.5) is 0 Å². The maximum atomic E-state index is 11.3. The largest absolute Gasteiger partial charge is 0.498 e. The van der Waals surface area contributed by atoms with Crippen LogP contribution in [0, 0.1) is 5.92 Å². The molecular weight excluding hydrogens is 324 g/mol. The van der Waals surface area contributed by atoms with Crippen molar-refractivity contribution in [3.63, 3.8) is 0 Å². The van der Waals surface area contributed by atoms with Crippen LogP contribution in [-0.2, 0) is 9.47 Å². The Balaban J connectivity index is 1.80. The Hall–Kier alpha value is -1.57. The van der Waals surface area contributed by atoms with Gasteiger partial charge in [0.25, 0.3) is 5.88 Å². The molecule has 0 saturated carbocycles. The van der Waals surface area contributed by atoms with Crippen LogP contribution in [0.2, 0.25) is 0 Å². The smallest absolute Gasteiger partial charge is 0.260 e. The van der Waals surface area contributed by atoms with Crippen LogP contribution in [0.1, 0.15) is 49.7 Å². The fourth-order valence-electron chi connectivity index (χ4n) is 4.61.